The number of rotatable bonds is 2. The maximum Gasteiger partial charge on any atom is 0.336 e. The van der Waals surface area contributed by atoms with E-state index in [-0.39, 0.29) is 22.1 Å². The molecule has 0 spiro atoms. The fourth-order valence-corrected chi connectivity index (χ4v) is 3.38. The summed E-state index contributed by atoms with van der Waals surface area (Å²) in [5, 5.41) is 20.3. The monoisotopic (exact) mass is 380 g/mol. The zero-order chi connectivity index (χ0) is 19.3. The number of hydrogen-bond acceptors (Lipinski definition) is 4. The lowest BCUT2D eigenvalue weighted by molar-refractivity contribution is 0.0697. The van der Waals surface area contributed by atoms with Crippen LogP contribution in [0.1, 0.15) is 15.9 Å². The van der Waals surface area contributed by atoms with Gasteiger partial charge in [-0.2, -0.15) is 0 Å². The largest absolute Gasteiger partial charge is 0.508 e. The summed E-state index contributed by atoms with van der Waals surface area (Å²) in [4.78, 5) is 23.7. The summed E-state index contributed by atoms with van der Waals surface area (Å²) in [6, 6.07) is 12.5. The quantitative estimate of drug-likeness (QED) is 0.481. The van der Waals surface area contributed by atoms with E-state index in [0.29, 0.717) is 33.2 Å². The van der Waals surface area contributed by atoms with Crippen LogP contribution in [0.5, 0.6) is 5.75 Å². The summed E-state index contributed by atoms with van der Waals surface area (Å²) in [5.41, 5.74) is 2.22. The second-order valence-electron chi connectivity index (χ2n) is 6.24. The minimum absolute atomic E-state index is 0.0154. The molecule has 2 N–H and O–H groups in total. The van der Waals surface area contributed by atoms with Crippen LogP contribution >= 0.6 is 11.6 Å². The fraction of sp³-hybridized carbons (Fsp3) is 0.0476. The fourth-order valence-electron chi connectivity index (χ4n) is 3.21. The van der Waals surface area contributed by atoms with E-state index in [0.717, 1.165) is 0 Å². The minimum atomic E-state index is -1.07. The first-order chi connectivity index (χ1) is 12.9. The Labute approximate surface area is 158 Å². The third-order valence-corrected chi connectivity index (χ3v) is 4.81. The van der Waals surface area contributed by atoms with Gasteiger partial charge < -0.3 is 14.6 Å². The van der Waals surface area contributed by atoms with Gasteiger partial charge in [0.25, 0.3) is 0 Å². The molecule has 0 bridgehead atoms. The molecule has 1 aliphatic carbocycles. The van der Waals surface area contributed by atoms with Crippen LogP contribution in [0.3, 0.4) is 0 Å². The number of halogens is 1. The summed E-state index contributed by atoms with van der Waals surface area (Å²) in [6.07, 6.45) is 0. The van der Waals surface area contributed by atoms with Crippen LogP contribution in [0, 0.1) is 6.92 Å². The molecule has 0 saturated carbocycles. The van der Waals surface area contributed by atoms with Crippen LogP contribution in [0.4, 0.5) is 0 Å². The lowest BCUT2D eigenvalue weighted by atomic mass is 9.90. The number of hydrogen-bond donors (Lipinski definition) is 2. The van der Waals surface area contributed by atoms with Crippen molar-refractivity contribution >= 4 is 28.5 Å². The Morgan fingerprint density at radius 1 is 1.07 bits per heavy atom. The van der Waals surface area contributed by atoms with E-state index in [2.05, 4.69) is 0 Å². The van der Waals surface area contributed by atoms with E-state index >= 15 is 0 Å². The van der Waals surface area contributed by atoms with Crippen LogP contribution in [0.15, 0.2) is 57.7 Å². The molecular formula is C21H13ClO5. The van der Waals surface area contributed by atoms with Crippen LogP contribution in [0.2, 0.25) is 5.02 Å². The van der Waals surface area contributed by atoms with Crippen LogP contribution < -0.4 is 5.43 Å². The van der Waals surface area contributed by atoms with Gasteiger partial charge in [0.1, 0.15) is 17.1 Å². The number of carbonyl (C=O) groups is 1. The summed E-state index contributed by atoms with van der Waals surface area (Å²) < 4.78 is 5.81. The minimum Gasteiger partial charge on any atom is -0.508 e. The van der Waals surface area contributed by atoms with Crippen molar-refractivity contribution in [1.82, 2.24) is 0 Å². The number of carboxylic acid groups (broad SMARTS) is 1. The van der Waals surface area contributed by atoms with Gasteiger partial charge in [0.2, 0.25) is 5.43 Å². The van der Waals surface area contributed by atoms with Crippen molar-refractivity contribution in [3.8, 4) is 28.2 Å². The summed E-state index contributed by atoms with van der Waals surface area (Å²) in [7, 11) is 0. The van der Waals surface area contributed by atoms with E-state index in [9.17, 15) is 19.8 Å². The average molecular weight is 381 g/mol. The van der Waals surface area contributed by atoms with Crippen molar-refractivity contribution in [3.05, 3.63) is 74.9 Å². The zero-order valence-electron chi connectivity index (χ0n) is 14.1. The van der Waals surface area contributed by atoms with Crippen molar-refractivity contribution in [3.63, 3.8) is 0 Å². The molecule has 134 valence electrons. The highest BCUT2D eigenvalue weighted by molar-refractivity contribution is 6.31. The molecule has 0 aromatic heterocycles. The van der Waals surface area contributed by atoms with Crippen LogP contribution in [-0.2, 0) is 0 Å². The standard InChI is InChI=1S/C21H13ClO5/c1-10-6-13-18(8-16(10)23)27-19-9-17(24)15(22)7-14(19)20(13)11-4-2-3-5-12(11)21(25)26/h2-9,23H,1H3,(H,25,26). The van der Waals surface area contributed by atoms with E-state index in [4.69, 9.17) is 16.0 Å². The first kappa shape index (κ1) is 17.1. The highest BCUT2D eigenvalue weighted by atomic mass is 35.5. The molecule has 2 aliphatic rings. The first-order valence-corrected chi connectivity index (χ1v) is 8.47. The van der Waals surface area contributed by atoms with E-state index in [1.807, 2.05) is 0 Å². The number of carboxylic acids is 1. The molecule has 0 amide bonds. The lowest BCUT2D eigenvalue weighted by Crippen LogP contribution is -2.04. The highest BCUT2D eigenvalue weighted by Crippen LogP contribution is 2.43. The van der Waals surface area contributed by atoms with Crippen molar-refractivity contribution in [2.75, 3.05) is 0 Å². The lowest BCUT2D eigenvalue weighted by Gasteiger charge is -2.17. The Bertz CT molecular complexity index is 1260. The molecule has 0 fully saturated rings. The number of aromatic hydroxyl groups is 1. The van der Waals surface area contributed by atoms with Gasteiger partial charge in [-0.25, -0.2) is 4.79 Å². The Hall–Kier alpha value is -3.31. The first-order valence-electron chi connectivity index (χ1n) is 8.09. The Balaban J connectivity index is 2.27. The third kappa shape index (κ3) is 2.73. The van der Waals surface area contributed by atoms with Gasteiger partial charge in [0.15, 0.2) is 0 Å². The second kappa shape index (κ2) is 6.14. The molecule has 1 aliphatic heterocycles. The predicted molar refractivity (Wildman–Crippen MR) is 103 cm³/mol. The zero-order valence-corrected chi connectivity index (χ0v) is 14.9. The highest BCUT2D eigenvalue weighted by Gasteiger charge is 2.23. The molecule has 0 saturated heterocycles. The molecule has 2 aromatic rings. The van der Waals surface area contributed by atoms with E-state index < -0.39 is 11.4 Å². The Morgan fingerprint density at radius 3 is 2.56 bits per heavy atom. The predicted octanol–water partition coefficient (Wildman–Crippen LogP) is 4.93. The van der Waals surface area contributed by atoms with Gasteiger partial charge in [-0.05, 0) is 36.2 Å². The molecule has 2 aromatic carbocycles. The van der Waals surface area contributed by atoms with E-state index in [1.54, 1.807) is 31.2 Å². The number of phenols is 1. The summed E-state index contributed by atoms with van der Waals surface area (Å²) >= 11 is 6.05. The smallest absolute Gasteiger partial charge is 0.336 e. The van der Waals surface area contributed by atoms with Gasteiger partial charge in [-0.3, -0.25) is 4.79 Å². The third-order valence-electron chi connectivity index (χ3n) is 4.52. The maximum absolute atomic E-state index is 12.0. The molecule has 0 unspecified atom stereocenters. The second-order valence-corrected chi connectivity index (χ2v) is 6.65. The Morgan fingerprint density at radius 2 is 1.81 bits per heavy atom. The summed E-state index contributed by atoms with van der Waals surface area (Å²) in [6.45, 7) is 1.74. The molecule has 1 heterocycles. The van der Waals surface area contributed by atoms with Gasteiger partial charge in [0.05, 0.1) is 10.6 Å². The van der Waals surface area contributed by atoms with E-state index in [1.165, 1.54) is 24.3 Å². The molecule has 0 atom stereocenters. The van der Waals surface area contributed by atoms with Crippen LogP contribution in [-0.4, -0.2) is 16.2 Å². The maximum atomic E-state index is 12.0. The van der Waals surface area contributed by atoms with Gasteiger partial charge in [-0.15, -0.1) is 0 Å². The van der Waals surface area contributed by atoms with Crippen molar-refractivity contribution < 1.29 is 19.4 Å². The number of aryl methyl sites for hydroxylation is 1. The van der Waals surface area contributed by atoms with Crippen molar-refractivity contribution in [1.29, 1.82) is 0 Å². The van der Waals surface area contributed by atoms with Gasteiger partial charge >= 0.3 is 5.97 Å². The number of aromatic carboxylic acids is 1. The number of phenolic OH excluding ortho intramolecular Hbond substituents is 1. The van der Waals surface area contributed by atoms with Crippen LogP contribution in [0.25, 0.3) is 33.4 Å². The van der Waals surface area contributed by atoms with Gasteiger partial charge in [-0.1, -0.05) is 29.8 Å². The summed E-state index contributed by atoms with van der Waals surface area (Å²) in [5.74, 6) is -0.774. The Kier molecular flexibility index (Phi) is 3.89. The SMILES string of the molecule is Cc1cc2c(-c3ccccc3C(=O)O)c3cc(Cl)c(=O)cc-3oc2cc1O. The normalized spacial score (nSPS) is 11.2. The van der Waals surface area contributed by atoms with Crippen molar-refractivity contribution in [2.45, 2.75) is 6.92 Å². The van der Waals surface area contributed by atoms with Crippen molar-refractivity contribution in [2.24, 2.45) is 0 Å². The molecule has 0 radical (unpaired) electrons. The molecule has 27 heavy (non-hydrogen) atoms. The molecule has 5 nitrogen and oxygen atoms in total. The molecule has 4 rings (SSSR count). The number of benzene rings is 3. The number of fused-ring (bicyclic) bond motifs is 2. The average Bonchev–Trinajstić information content (AvgIpc) is 2.63. The topological polar surface area (TPSA) is 87.7 Å². The van der Waals surface area contributed by atoms with Gasteiger partial charge in [0, 0.05) is 28.6 Å². The molecular weight excluding hydrogens is 368 g/mol. The molecule has 6 heteroatoms.